The molecule has 0 atom stereocenters. The van der Waals surface area contributed by atoms with E-state index in [0.29, 0.717) is 17.9 Å². The second-order valence-electron chi connectivity index (χ2n) is 7.89. The number of carbonyl (C=O) groups is 1. The normalized spacial score (nSPS) is 15.5. The fraction of sp³-hybridized carbons (Fsp3) is 0.320. The van der Waals surface area contributed by atoms with E-state index < -0.39 is 0 Å². The highest BCUT2D eigenvalue weighted by Gasteiger charge is 2.19. The summed E-state index contributed by atoms with van der Waals surface area (Å²) in [6.07, 6.45) is 3.36. The number of ether oxygens (including phenoxy) is 1. The van der Waals surface area contributed by atoms with E-state index >= 15 is 0 Å². The average molecular weight is 423 g/mol. The molecule has 0 saturated carbocycles. The predicted octanol–water partition coefficient (Wildman–Crippen LogP) is 4.81. The van der Waals surface area contributed by atoms with E-state index in [2.05, 4.69) is 11.9 Å². The van der Waals surface area contributed by atoms with E-state index in [0.717, 1.165) is 53.8 Å². The third-order valence-corrected chi connectivity index (χ3v) is 5.71. The Balaban J connectivity index is 1.72. The van der Waals surface area contributed by atoms with Gasteiger partial charge in [-0.3, -0.25) is 4.79 Å². The molecular weight excluding hydrogens is 395 g/mol. The number of benzene rings is 2. The maximum atomic E-state index is 13.4. The van der Waals surface area contributed by atoms with Crippen LogP contribution in [-0.2, 0) is 4.79 Å². The van der Waals surface area contributed by atoms with Gasteiger partial charge in [0.15, 0.2) is 0 Å². The molecule has 2 heterocycles. The van der Waals surface area contributed by atoms with Crippen LogP contribution in [0.25, 0.3) is 27.7 Å². The SMILES string of the molecule is CCOc1cc2occ(-c3ccc(F)cc3)c2cc1/C(C)=C/C(=O)N1CCN(C)CC1. The summed E-state index contributed by atoms with van der Waals surface area (Å²) in [6.45, 7) is 7.57. The molecule has 6 heteroatoms. The van der Waals surface area contributed by atoms with E-state index in [9.17, 15) is 9.18 Å². The molecule has 5 nitrogen and oxygen atoms in total. The smallest absolute Gasteiger partial charge is 0.246 e. The maximum absolute atomic E-state index is 13.4. The molecule has 2 aromatic carbocycles. The molecule has 1 amide bonds. The summed E-state index contributed by atoms with van der Waals surface area (Å²) >= 11 is 0. The number of hydrogen-bond donors (Lipinski definition) is 0. The average Bonchev–Trinajstić information content (AvgIpc) is 3.17. The van der Waals surface area contributed by atoms with Gasteiger partial charge in [-0.05, 0) is 50.2 Å². The lowest BCUT2D eigenvalue weighted by atomic mass is 9.99. The third-order valence-electron chi connectivity index (χ3n) is 5.71. The summed E-state index contributed by atoms with van der Waals surface area (Å²) in [5.74, 6) is 0.408. The lowest BCUT2D eigenvalue weighted by Gasteiger charge is -2.31. The van der Waals surface area contributed by atoms with Crippen molar-refractivity contribution in [3.05, 3.63) is 60.1 Å². The largest absolute Gasteiger partial charge is 0.493 e. The van der Waals surface area contributed by atoms with Gasteiger partial charge in [0.05, 0.1) is 12.9 Å². The van der Waals surface area contributed by atoms with Crippen LogP contribution in [0.1, 0.15) is 19.4 Å². The number of carbonyl (C=O) groups excluding carboxylic acids is 1. The predicted molar refractivity (Wildman–Crippen MR) is 121 cm³/mol. The number of amides is 1. The van der Waals surface area contributed by atoms with Crippen molar-refractivity contribution in [2.24, 2.45) is 0 Å². The molecule has 162 valence electrons. The van der Waals surface area contributed by atoms with Gasteiger partial charge in [-0.15, -0.1) is 0 Å². The van der Waals surface area contributed by atoms with Crippen LogP contribution in [-0.4, -0.2) is 55.5 Å². The van der Waals surface area contributed by atoms with Crippen molar-refractivity contribution in [3.63, 3.8) is 0 Å². The highest BCUT2D eigenvalue weighted by Crippen LogP contribution is 2.37. The van der Waals surface area contributed by atoms with Crippen LogP contribution < -0.4 is 4.74 Å². The topological polar surface area (TPSA) is 45.9 Å². The summed E-state index contributed by atoms with van der Waals surface area (Å²) in [5, 5.41) is 0.893. The fourth-order valence-corrected chi connectivity index (χ4v) is 3.87. The summed E-state index contributed by atoms with van der Waals surface area (Å²) in [6, 6.07) is 10.2. The molecule has 3 aromatic rings. The van der Waals surface area contributed by atoms with Crippen LogP contribution in [0.3, 0.4) is 0 Å². The Kier molecular flexibility index (Phi) is 6.09. The molecule has 31 heavy (non-hydrogen) atoms. The molecule has 0 radical (unpaired) electrons. The molecule has 0 aliphatic carbocycles. The quantitative estimate of drug-likeness (QED) is 0.554. The zero-order valence-electron chi connectivity index (χ0n) is 18.2. The zero-order valence-corrected chi connectivity index (χ0v) is 18.2. The van der Waals surface area contributed by atoms with E-state index in [-0.39, 0.29) is 11.7 Å². The molecular formula is C25H27FN2O3. The molecule has 0 spiro atoms. The second kappa shape index (κ2) is 8.94. The number of allylic oxidation sites excluding steroid dienone is 1. The van der Waals surface area contributed by atoms with Crippen molar-refractivity contribution in [1.29, 1.82) is 0 Å². The van der Waals surface area contributed by atoms with Gasteiger partial charge in [-0.1, -0.05) is 12.1 Å². The second-order valence-corrected chi connectivity index (χ2v) is 7.89. The molecule has 0 bridgehead atoms. The van der Waals surface area contributed by atoms with Crippen LogP contribution in [0.15, 0.2) is 53.2 Å². The molecule has 1 saturated heterocycles. The molecule has 4 rings (SSSR count). The van der Waals surface area contributed by atoms with E-state index in [1.54, 1.807) is 24.5 Å². The number of nitrogens with zero attached hydrogens (tertiary/aromatic N) is 2. The lowest BCUT2D eigenvalue weighted by Crippen LogP contribution is -2.46. The van der Waals surface area contributed by atoms with E-state index in [4.69, 9.17) is 9.15 Å². The first-order valence-electron chi connectivity index (χ1n) is 10.6. The molecule has 0 unspecified atom stereocenters. The molecule has 1 aliphatic rings. The molecule has 0 N–H and O–H groups in total. The van der Waals surface area contributed by atoms with Gasteiger partial charge >= 0.3 is 0 Å². The van der Waals surface area contributed by atoms with Gasteiger partial charge in [0, 0.05) is 54.8 Å². The Hall–Kier alpha value is -3.12. The Morgan fingerprint density at radius 1 is 1.16 bits per heavy atom. The summed E-state index contributed by atoms with van der Waals surface area (Å²) in [4.78, 5) is 16.9. The number of rotatable bonds is 5. The first-order valence-corrected chi connectivity index (χ1v) is 10.6. The molecule has 1 fully saturated rings. The minimum Gasteiger partial charge on any atom is -0.493 e. The monoisotopic (exact) mass is 422 g/mol. The summed E-state index contributed by atoms with van der Waals surface area (Å²) < 4.78 is 25.0. The summed E-state index contributed by atoms with van der Waals surface area (Å²) in [7, 11) is 2.07. The Morgan fingerprint density at radius 2 is 1.87 bits per heavy atom. The maximum Gasteiger partial charge on any atom is 0.246 e. The Bertz CT molecular complexity index is 1110. The van der Waals surface area contributed by atoms with Crippen LogP contribution in [0.2, 0.25) is 0 Å². The third kappa shape index (κ3) is 4.49. The van der Waals surface area contributed by atoms with Crippen molar-refractivity contribution in [3.8, 4) is 16.9 Å². The Morgan fingerprint density at radius 3 is 2.55 bits per heavy atom. The van der Waals surface area contributed by atoms with Gasteiger partial charge in [-0.25, -0.2) is 4.39 Å². The minimum absolute atomic E-state index is 0.0131. The van der Waals surface area contributed by atoms with E-state index in [1.165, 1.54) is 12.1 Å². The van der Waals surface area contributed by atoms with Crippen molar-refractivity contribution in [2.45, 2.75) is 13.8 Å². The summed E-state index contributed by atoms with van der Waals surface area (Å²) in [5.41, 5.74) is 4.11. The van der Waals surface area contributed by atoms with Crippen molar-refractivity contribution in [1.82, 2.24) is 9.80 Å². The van der Waals surface area contributed by atoms with Crippen LogP contribution in [0.5, 0.6) is 5.75 Å². The van der Waals surface area contributed by atoms with Crippen molar-refractivity contribution in [2.75, 3.05) is 39.8 Å². The number of likely N-dealkylation sites (N-methyl/N-ethyl adjacent to an activating group) is 1. The highest BCUT2D eigenvalue weighted by molar-refractivity contribution is 6.00. The first-order chi connectivity index (χ1) is 15.0. The van der Waals surface area contributed by atoms with Crippen LogP contribution in [0.4, 0.5) is 4.39 Å². The molecule has 1 aliphatic heterocycles. The highest BCUT2D eigenvalue weighted by atomic mass is 19.1. The molecule has 1 aromatic heterocycles. The van der Waals surface area contributed by atoms with E-state index in [1.807, 2.05) is 30.9 Å². The van der Waals surface area contributed by atoms with Crippen LogP contribution >= 0.6 is 0 Å². The number of hydrogen-bond acceptors (Lipinski definition) is 4. The number of halogens is 1. The standard InChI is InChI=1S/C25H27FN2O3/c1-4-30-23-15-24-21(22(16-31-24)18-5-7-19(26)8-6-18)14-20(23)17(2)13-25(29)28-11-9-27(3)10-12-28/h5-8,13-16H,4,9-12H2,1-3H3/b17-13+. The van der Waals surface area contributed by atoms with Crippen molar-refractivity contribution < 1.29 is 18.3 Å². The number of fused-ring (bicyclic) bond motifs is 1. The Labute approximate surface area is 181 Å². The van der Waals surface area contributed by atoms with Crippen molar-refractivity contribution >= 4 is 22.4 Å². The zero-order chi connectivity index (χ0) is 22.0. The van der Waals surface area contributed by atoms with Gasteiger partial charge in [-0.2, -0.15) is 0 Å². The minimum atomic E-state index is -0.280. The first kappa shape index (κ1) is 21.1. The van der Waals surface area contributed by atoms with Gasteiger partial charge < -0.3 is 19.0 Å². The lowest BCUT2D eigenvalue weighted by molar-refractivity contribution is -0.127. The fourth-order valence-electron chi connectivity index (χ4n) is 3.87. The van der Waals surface area contributed by atoms with Crippen LogP contribution in [0, 0.1) is 5.82 Å². The van der Waals surface area contributed by atoms with Gasteiger partial charge in [0.25, 0.3) is 0 Å². The van der Waals surface area contributed by atoms with Gasteiger partial charge in [0.2, 0.25) is 5.91 Å². The number of piperazine rings is 1. The van der Waals surface area contributed by atoms with Gasteiger partial charge in [0.1, 0.15) is 17.1 Å². The number of furan rings is 1.